The van der Waals surface area contributed by atoms with E-state index in [0.29, 0.717) is 18.8 Å². The molecule has 59 heavy (non-hydrogen) atoms. The molecule has 0 N–H and O–H groups in total. The molecule has 0 saturated carbocycles. The van der Waals surface area contributed by atoms with Crippen molar-refractivity contribution in [2.45, 2.75) is 106 Å². The van der Waals surface area contributed by atoms with Crippen molar-refractivity contribution in [3.8, 4) is 0 Å². The summed E-state index contributed by atoms with van der Waals surface area (Å²) >= 11 is 3.61. The van der Waals surface area contributed by atoms with E-state index in [9.17, 15) is 0 Å². The molecule has 0 aromatic heterocycles. The molecule has 1 saturated heterocycles. The molecule has 8 nitrogen and oxygen atoms in total. The van der Waals surface area contributed by atoms with Gasteiger partial charge in [-0.2, -0.15) is 0 Å². The second-order valence-corrected chi connectivity index (χ2v) is 25.0. The van der Waals surface area contributed by atoms with Crippen LogP contribution in [0.25, 0.3) is 0 Å². The molecule has 314 valence electrons. The molecular formula is C48H57BrO8SSi. The van der Waals surface area contributed by atoms with Gasteiger partial charge in [0.2, 0.25) is 0 Å². The van der Waals surface area contributed by atoms with Gasteiger partial charge in [-0.3, -0.25) is 0 Å². The monoisotopic (exact) mass is 900 g/mol. The average molecular weight is 902 g/mol. The Morgan fingerprint density at radius 1 is 0.576 bits per heavy atom. The maximum absolute atomic E-state index is 15.1. The second kappa shape index (κ2) is 20.9. The molecule has 1 aliphatic heterocycles. The van der Waals surface area contributed by atoms with Crippen LogP contribution in [0.5, 0.6) is 0 Å². The van der Waals surface area contributed by atoms with Crippen LogP contribution >= 0.6 is 15.9 Å². The van der Waals surface area contributed by atoms with E-state index < -0.39 is 52.2 Å². The zero-order chi connectivity index (χ0) is 41.9. The summed E-state index contributed by atoms with van der Waals surface area (Å²) in [5.41, 5.74) is 3.81. The minimum Gasteiger partial charge on any atom is -0.413 e. The van der Waals surface area contributed by atoms with Crippen molar-refractivity contribution in [3.05, 3.63) is 179 Å². The molecule has 0 aliphatic carbocycles. The van der Waals surface area contributed by atoms with Crippen molar-refractivity contribution in [3.63, 3.8) is 0 Å². The summed E-state index contributed by atoms with van der Waals surface area (Å²) in [7, 11) is -6.18. The van der Waals surface area contributed by atoms with Gasteiger partial charge in [0.05, 0.1) is 39.6 Å². The third-order valence-corrected chi connectivity index (χ3v) is 19.5. The molecule has 5 aromatic rings. The molecule has 6 rings (SSSR count). The van der Waals surface area contributed by atoms with Gasteiger partial charge in [0.15, 0.2) is 23.6 Å². The van der Waals surface area contributed by atoms with E-state index in [-0.39, 0.29) is 31.5 Å². The Balaban J connectivity index is 1.35. The fourth-order valence-corrected chi connectivity index (χ4v) is 10.1. The van der Waals surface area contributed by atoms with Gasteiger partial charge in [-0.25, -0.2) is 8.42 Å². The minimum atomic E-state index is -4.20. The number of alkyl halides is 1. The molecule has 1 aliphatic rings. The van der Waals surface area contributed by atoms with Crippen molar-refractivity contribution in [1.82, 2.24) is 0 Å². The fourth-order valence-electron chi connectivity index (χ4n) is 6.56. The summed E-state index contributed by atoms with van der Waals surface area (Å²) in [6.07, 6.45) is -3.58. The summed E-state index contributed by atoms with van der Waals surface area (Å²) < 4.78 is 68.8. The third-order valence-electron chi connectivity index (χ3n) is 11.1. The first-order chi connectivity index (χ1) is 28.3. The zero-order valence-corrected chi connectivity index (χ0v) is 38.0. The maximum atomic E-state index is 15.1. The number of ether oxygens (including phenoxy) is 5. The molecule has 0 radical (unpaired) electrons. The Bertz CT molecular complexity index is 2100. The lowest BCUT2D eigenvalue weighted by Crippen LogP contribution is -2.63. The number of halogens is 1. The molecule has 0 spiro atoms. The lowest BCUT2D eigenvalue weighted by molar-refractivity contribution is -0.256. The lowest BCUT2D eigenvalue weighted by Gasteiger charge is -2.46. The average Bonchev–Trinajstić information content (AvgIpc) is 3.24. The van der Waals surface area contributed by atoms with Gasteiger partial charge in [-0.05, 0) is 51.5 Å². The lowest BCUT2D eigenvalue weighted by atomic mass is 9.98. The van der Waals surface area contributed by atoms with E-state index in [1.54, 1.807) is 0 Å². The predicted molar refractivity (Wildman–Crippen MR) is 239 cm³/mol. The topological polar surface area (TPSA) is 89.5 Å². The summed E-state index contributed by atoms with van der Waals surface area (Å²) in [5, 5.41) is 0.0692. The highest BCUT2D eigenvalue weighted by atomic mass is 79.9. The van der Waals surface area contributed by atoms with Crippen molar-refractivity contribution in [2.75, 3.05) is 6.61 Å². The van der Waals surface area contributed by atoms with Crippen LogP contribution in [0.3, 0.4) is 0 Å². The highest BCUT2D eigenvalue weighted by Crippen LogP contribution is 2.41. The molecule has 1 unspecified atom stereocenters. The van der Waals surface area contributed by atoms with Gasteiger partial charge in [0.1, 0.15) is 28.6 Å². The van der Waals surface area contributed by atoms with Gasteiger partial charge in [0.25, 0.3) is 0 Å². The smallest absolute Gasteiger partial charge is 0.196 e. The van der Waals surface area contributed by atoms with Crippen molar-refractivity contribution >= 4 is 34.1 Å². The van der Waals surface area contributed by atoms with Crippen molar-refractivity contribution in [2.24, 2.45) is 0 Å². The van der Waals surface area contributed by atoms with Crippen molar-refractivity contribution < 1.29 is 36.5 Å². The van der Waals surface area contributed by atoms with Crippen LogP contribution in [0, 0.1) is 0 Å². The Kier molecular flexibility index (Phi) is 15.9. The first kappa shape index (κ1) is 45.0. The van der Waals surface area contributed by atoms with E-state index in [1.807, 2.05) is 146 Å². The second-order valence-electron chi connectivity index (χ2n) is 16.5. The van der Waals surface area contributed by atoms with E-state index in [1.165, 1.54) is 0 Å². The normalized spacial score (nSPS) is 20.6. The van der Waals surface area contributed by atoms with Gasteiger partial charge < -0.3 is 28.1 Å². The van der Waals surface area contributed by atoms with Gasteiger partial charge >= 0.3 is 0 Å². The number of hydrogen-bond donors (Lipinski definition) is 0. The van der Waals surface area contributed by atoms with Crippen LogP contribution in [0.2, 0.25) is 18.1 Å². The molecule has 1 fully saturated rings. The highest BCUT2D eigenvalue weighted by molar-refractivity contribution is 9.10. The molecule has 0 amide bonds. The van der Waals surface area contributed by atoms with Gasteiger partial charge in [0, 0.05) is 0 Å². The van der Waals surface area contributed by atoms with E-state index in [0.717, 1.165) is 27.8 Å². The Morgan fingerprint density at radius 2 is 0.983 bits per heavy atom. The van der Waals surface area contributed by atoms with Gasteiger partial charge in [-0.15, -0.1) is 0 Å². The van der Waals surface area contributed by atoms with E-state index in [2.05, 4.69) is 49.8 Å². The van der Waals surface area contributed by atoms with Crippen LogP contribution in [-0.2, 0) is 71.0 Å². The Morgan fingerprint density at radius 3 is 1.44 bits per heavy atom. The zero-order valence-electron chi connectivity index (χ0n) is 34.6. The molecule has 6 atom stereocenters. The third kappa shape index (κ3) is 12.3. The Labute approximate surface area is 360 Å². The largest absolute Gasteiger partial charge is 0.413 e. The fraction of sp³-hybridized carbons (Fsp3) is 0.375. The van der Waals surface area contributed by atoms with Crippen LogP contribution in [0.15, 0.2) is 146 Å². The van der Waals surface area contributed by atoms with Crippen LogP contribution in [-0.4, -0.2) is 53.2 Å². The first-order valence-corrected chi connectivity index (χ1v) is 25.6. The summed E-state index contributed by atoms with van der Waals surface area (Å²) in [6.45, 7) is 12.4. The van der Waals surface area contributed by atoms with Crippen LogP contribution in [0.4, 0.5) is 0 Å². The predicted octanol–water partition coefficient (Wildman–Crippen LogP) is 10.7. The van der Waals surface area contributed by atoms with E-state index >= 15 is 8.42 Å². The summed E-state index contributed by atoms with van der Waals surface area (Å²) in [6, 6.07) is 46.7. The summed E-state index contributed by atoms with van der Waals surface area (Å²) in [4.78, 5) is 0. The number of sulfone groups is 1. The molecular weight excluding hydrogens is 845 g/mol. The van der Waals surface area contributed by atoms with Crippen LogP contribution < -0.4 is 0 Å². The quantitative estimate of drug-likeness (QED) is 0.0598. The molecule has 11 heteroatoms. The number of benzene rings is 5. The SMILES string of the molecule is CC(C)(C)[Si](C)(C)OCc1ccc(C(Br)S(=O)(=O)[C@@H]2O[C@H](COCc3ccccc3)[C@@H](OCc3ccccc3)[C@H](OCc3ccccc3)[C@H]2OCc2ccccc2)cc1. The van der Waals surface area contributed by atoms with E-state index in [4.69, 9.17) is 28.1 Å². The molecule has 1 heterocycles. The molecule has 0 bridgehead atoms. The Hall–Kier alpha value is -3.49. The molecule has 5 aromatic carbocycles. The number of hydrogen-bond acceptors (Lipinski definition) is 8. The highest BCUT2D eigenvalue weighted by Gasteiger charge is 2.54. The summed E-state index contributed by atoms with van der Waals surface area (Å²) in [5.74, 6) is 0. The van der Waals surface area contributed by atoms with Crippen molar-refractivity contribution in [1.29, 1.82) is 0 Å². The van der Waals surface area contributed by atoms with Crippen LogP contribution in [0.1, 0.15) is 58.3 Å². The standard InChI is InChI=1S/C48H57BrO8SSi/c1-48(2,3)59(4,5)56-34-40-26-28-41(29-27-40)46(49)58(50,51)47-45(55-33-39-24-16-9-17-25-39)44(54-32-38-22-14-8-15-23-38)43(53-31-37-20-12-7-13-21-37)42(57-47)35-52-30-36-18-10-6-11-19-36/h6-29,42-47H,30-35H2,1-5H3/t42-,43-,44+,45-,46?,47+/m1/s1. The number of rotatable bonds is 19. The minimum absolute atomic E-state index is 0.0485. The van der Waals surface area contributed by atoms with Gasteiger partial charge in [-0.1, -0.05) is 182 Å². The maximum Gasteiger partial charge on any atom is 0.196 e. The first-order valence-electron chi connectivity index (χ1n) is 20.1.